The van der Waals surface area contributed by atoms with Crippen LogP contribution in [0.1, 0.15) is 48.0 Å². The molecule has 1 aromatic carbocycles. The number of rotatable bonds is 5. The van der Waals surface area contributed by atoms with E-state index in [1.54, 1.807) is 13.2 Å². The second-order valence-corrected chi connectivity index (χ2v) is 6.35. The Hall–Kier alpha value is -2.24. The number of ether oxygens (including phenoxy) is 2. The summed E-state index contributed by atoms with van der Waals surface area (Å²) in [6, 6.07) is 3.65. The number of amides is 2. The minimum Gasteiger partial charge on any atom is -0.493 e. The lowest BCUT2D eigenvalue weighted by atomic mass is 9.79. The summed E-state index contributed by atoms with van der Waals surface area (Å²) < 4.78 is 10.7. The third kappa shape index (κ3) is 2.70. The second kappa shape index (κ2) is 6.71. The van der Waals surface area contributed by atoms with Crippen LogP contribution in [0.25, 0.3) is 0 Å². The molecule has 2 atom stereocenters. The zero-order valence-electron chi connectivity index (χ0n) is 14.4. The molecule has 3 rings (SSSR count). The van der Waals surface area contributed by atoms with Crippen LogP contribution in [0.4, 0.5) is 0 Å². The Balaban J connectivity index is 1.95. The van der Waals surface area contributed by atoms with Gasteiger partial charge < -0.3 is 19.7 Å². The van der Waals surface area contributed by atoms with Crippen LogP contribution < -0.4 is 14.8 Å². The van der Waals surface area contributed by atoms with Crippen LogP contribution in [0.2, 0.25) is 0 Å². The number of piperidine rings is 1. The summed E-state index contributed by atoms with van der Waals surface area (Å²) in [6.45, 7) is 3.44. The van der Waals surface area contributed by atoms with E-state index >= 15 is 0 Å². The Kier molecular flexibility index (Phi) is 4.64. The molecule has 0 aliphatic carbocycles. The zero-order valence-corrected chi connectivity index (χ0v) is 14.4. The van der Waals surface area contributed by atoms with Gasteiger partial charge in [-0.15, -0.1) is 0 Å². The largest absolute Gasteiger partial charge is 0.493 e. The highest BCUT2D eigenvalue weighted by Crippen LogP contribution is 2.42. The quantitative estimate of drug-likeness (QED) is 0.895. The first-order valence-corrected chi connectivity index (χ1v) is 8.44. The van der Waals surface area contributed by atoms with Crippen molar-refractivity contribution in [3.05, 3.63) is 23.3 Å². The van der Waals surface area contributed by atoms with Gasteiger partial charge in [0.15, 0.2) is 11.5 Å². The van der Waals surface area contributed by atoms with Gasteiger partial charge in [0, 0.05) is 25.4 Å². The van der Waals surface area contributed by atoms with E-state index in [1.807, 2.05) is 11.0 Å². The number of likely N-dealkylation sites (tertiary alicyclic amines) is 1. The monoisotopic (exact) mass is 332 g/mol. The normalized spacial score (nSPS) is 22.5. The molecule has 1 saturated heterocycles. The molecule has 1 aromatic rings. The Bertz CT molecular complexity index is 659. The lowest BCUT2D eigenvalue weighted by Gasteiger charge is -2.42. The summed E-state index contributed by atoms with van der Waals surface area (Å²) in [5.74, 6) is 0.944. The number of hydrogen-bond acceptors (Lipinski definition) is 4. The van der Waals surface area contributed by atoms with E-state index < -0.39 is 0 Å². The lowest BCUT2D eigenvalue weighted by Crippen LogP contribution is -2.56. The standard InChI is InChI=1S/C18H24N2O4/c1-4-5-8-20-10-13-12(9-15(20)21)11-6-7-14(23-2)17(24-3)16(11)18(22)19-13/h6-7,12-13H,4-5,8-10H2,1-3H3,(H,19,22)/t12-,13+/m0/s1. The SMILES string of the molecule is CCCCN1C[C@H]2NC(=O)c3c(ccc(OC)c3OC)[C@@H]2CC1=O. The van der Waals surface area contributed by atoms with Crippen molar-refractivity contribution in [1.82, 2.24) is 10.2 Å². The summed E-state index contributed by atoms with van der Waals surface area (Å²) in [5.41, 5.74) is 1.37. The van der Waals surface area contributed by atoms with Crippen LogP contribution in [0.5, 0.6) is 11.5 Å². The minimum atomic E-state index is -0.160. The fourth-order valence-corrected chi connectivity index (χ4v) is 3.69. The molecule has 0 unspecified atom stereocenters. The Labute approximate surface area is 142 Å². The van der Waals surface area contributed by atoms with E-state index in [9.17, 15) is 9.59 Å². The van der Waals surface area contributed by atoms with Crippen LogP contribution in [-0.2, 0) is 4.79 Å². The summed E-state index contributed by atoms with van der Waals surface area (Å²) in [6.07, 6.45) is 2.44. The maximum atomic E-state index is 12.6. The van der Waals surface area contributed by atoms with E-state index in [0.29, 0.717) is 30.0 Å². The van der Waals surface area contributed by atoms with Gasteiger partial charge in [0.25, 0.3) is 5.91 Å². The maximum Gasteiger partial charge on any atom is 0.255 e. The first-order chi connectivity index (χ1) is 11.6. The molecule has 2 amide bonds. The van der Waals surface area contributed by atoms with E-state index in [4.69, 9.17) is 9.47 Å². The Morgan fingerprint density at radius 3 is 2.71 bits per heavy atom. The van der Waals surface area contributed by atoms with Crippen molar-refractivity contribution in [2.24, 2.45) is 0 Å². The highest BCUT2D eigenvalue weighted by atomic mass is 16.5. The van der Waals surface area contributed by atoms with Crippen molar-refractivity contribution < 1.29 is 19.1 Å². The van der Waals surface area contributed by atoms with E-state index in [1.165, 1.54) is 7.11 Å². The number of hydrogen-bond donors (Lipinski definition) is 1. The number of carbonyl (C=O) groups excluding carboxylic acids is 2. The predicted octanol–water partition coefficient (Wildman–Crippen LogP) is 1.93. The highest BCUT2D eigenvalue weighted by molar-refractivity contribution is 6.01. The van der Waals surface area contributed by atoms with Gasteiger partial charge in [-0.05, 0) is 18.1 Å². The van der Waals surface area contributed by atoms with E-state index in [2.05, 4.69) is 12.2 Å². The van der Waals surface area contributed by atoms with Gasteiger partial charge in [-0.3, -0.25) is 9.59 Å². The fourth-order valence-electron chi connectivity index (χ4n) is 3.69. The van der Waals surface area contributed by atoms with Crippen LogP contribution in [0.15, 0.2) is 12.1 Å². The van der Waals surface area contributed by atoms with Gasteiger partial charge in [0.1, 0.15) is 0 Å². The molecular weight excluding hydrogens is 308 g/mol. The molecule has 0 bridgehead atoms. The van der Waals surface area contributed by atoms with Gasteiger partial charge in [-0.25, -0.2) is 0 Å². The molecular formula is C18H24N2O4. The second-order valence-electron chi connectivity index (χ2n) is 6.35. The molecule has 1 N–H and O–H groups in total. The van der Waals surface area contributed by atoms with Crippen molar-refractivity contribution >= 4 is 11.8 Å². The predicted molar refractivity (Wildman–Crippen MR) is 89.6 cm³/mol. The van der Waals surface area contributed by atoms with Crippen LogP contribution in [0.3, 0.4) is 0 Å². The third-order valence-corrected chi connectivity index (χ3v) is 4.95. The highest BCUT2D eigenvalue weighted by Gasteiger charge is 2.42. The van der Waals surface area contributed by atoms with Crippen LogP contribution in [0, 0.1) is 0 Å². The molecule has 6 nitrogen and oxygen atoms in total. The number of unbranched alkanes of at least 4 members (excludes halogenated alkanes) is 1. The zero-order chi connectivity index (χ0) is 17.3. The number of fused-ring (bicyclic) bond motifs is 3. The molecule has 2 heterocycles. The molecule has 2 aliphatic rings. The number of carbonyl (C=O) groups is 2. The number of nitrogens with one attached hydrogen (secondary N) is 1. The molecule has 6 heteroatoms. The molecule has 130 valence electrons. The molecule has 24 heavy (non-hydrogen) atoms. The number of benzene rings is 1. The first-order valence-electron chi connectivity index (χ1n) is 8.44. The molecule has 0 aromatic heterocycles. The lowest BCUT2D eigenvalue weighted by molar-refractivity contribution is -0.134. The van der Waals surface area contributed by atoms with Gasteiger partial charge in [-0.2, -0.15) is 0 Å². The van der Waals surface area contributed by atoms with Gasteiger partial charge in [-0.1, -0.05) is 19.4 Å². The summed E-state index contributed by atoms with van der Waals surface area (Å²) >= 11 is 0. The van der Waals surface area contributed by atoms with Gasteiger partial charge in [0.05, 0.1) is 25.8 Å². The minimum absolute atomic E-state index is 0.0112. The first kappa shape index (κ1) is 16.6. The van der Waals surface area contributed by atoms with Crippen LogP contribution in [-0.4, -0.2) is 50.1 Å². The van der Waals surface area contributed by atoms with E-state index in [0.717, 1.165) is 24.9 Å². The van der Waals surface area contributed by atoms with Crippen molar-refractivity contribution in [3.63, 3.8) is 0 Å². The summed E-state index contributed by atoms with van der Waals surface area (Å²) in [4.78, 5) is 27.0. The van der Waals surface area contributed by atoms with Crippen molar-refractivity contribution in [1.29, 1.82) is 0 Å². The number of nitrogens with zero attached hydrogens (tertiary/aromatic N) is 1. The summed E-state index contributed by atoms with van der Waals surface area (Å²) in [5, 5.41) is 3.06. The smallest absolute Gasteiger partial charge is 0.255 e. The molecule has 0 radical (unpaired) electrons. The van der Waals surface area contributed by atoms with Crippen molar-refractivity contribution in [3.8, 4) is 11.5 Å². The molecule has 0 saturated carbocycles. The van der Waals surface area contributed by atoms with Gasteiger partial charge >= 0.3 is 0 Å². The number of methoxy groups -OCH3 is 2. The fraction of sp³-hybridized carbons (Fsp3) is 0.556. The third-order valence-electron chi connectivity index (χ3n) is 4.95. The Morgan fingerprint density at radius 2 is 2.04 bits per heavy atom. The maximum absolute atomic E-state index is 12.6. The summed E-state index contributed by atoms with van der Waals surface area (Å²) in [7, 11) is 3.07. The average molecular weight is 332 g/mol. The molecule has 0 spiro atoms. The topological polar surface area (TPSA) is 67.9 Å². The van der Waals surface area contributed by atoms with Crippen molar-refractivity contribution in [2.45, 2.75) is 38.1 Å². The van der Waals surface area contributed by atoms with E-state index in [-0.39, 0.29) is 23.8 Å². The molecule has 1 fully saturated rings. The van der Waals surface area contributed by atoms with Gasteiger partial charge in [0.2, 0.25) is 5.91 Å². The average Bonchev–Trinajstić information content (AvgIpc) is 2.59. The Morgan fingerprint density at radius 1 is 1.25 bits per heavy atom. The molecule has 2 aliphatic heterocycles. The van der Waals surface area contributed by atoms with Crippen LogP contribution >= 0.6 is 0 Å². The van der Waals surface area contributed by atoms with Crippen molar-refractivity contribution in [2.75, 3.05) is 27.3 Å².